The minimum absolute atomic E-state index is 0.0632. The molecule has 5 N–H and O–H groups in total. The number of anilines is 1. The van der Waals surface area contributed by atoms with Crippen molar-refractivity contribution in [3.8, 4) is 0 Å². The minimum atomic E-state index is -0.0632. The predicted molar refractivity (Wildman–Crippen MR) is 77.5 cm³/mol. The first-order valence-electron chi connectivity index (χ1n) is 6.16. The van der Waals surface area contributed by atoms with Gasteiger partial charge in [0.1, 0.15) is 0 Å². The van der Waals surface area contributed by atoms with Gasteiger partial charge in [0.05, 0.1) is 12.2 Å². The molecular formula is C13H18ClN5. The molecule has 0 radical (unpaired) electrons. The Morgan fingerprint density at radius 2 is 2.26 bits per heavy atom. The number of nitrogens with one attached hydrogen (secondary N) is 1. The van der Waals surface area contributed by atoms with Crippen LogP contribution in [-0.2, 0) is 13.0 Å². The van der Waals surface area contributed by atoms with Crippen molar-refractivity contribution in [2.24, 2.45) is 5.84 Å². The van der Waals surface area contributed by atoms with E-state index in [2.05, 4.69) is 10.5 Å². The van der Waals surface area contributed by atoms with Gasteiger partial charge in [-0.05, 0) is 36.6 Å². The second-order valence-electron chi connectivity index (χ2n) is 4.40. The molecule has 19 heavy (non-hydrogen) atoms. The zero-order chi connectivity index (χ0) is 13.8. The van der Waals surface area contributed by atoms with Crippen molar-refractivity contribution in [2.75, 3.05) is 5.73 Å². The summed E-state index contributed by atoms with van der Waals surface area (Å²) >= 11 is 5.90. The summed E-state index contributed by atoms with van der Waals surface area (Å²) in [6.45, 7) is 2.90. The fraction of sp³-hybridized carbons (Fsp3) is 0.308. The van der Waals surface area contributed by atoms with Crippen LogP contribution in [-0.4, -0.2) is 9.78 Å². The standard InChI is InChI=1S/C13H18ClN5/c1-2-19-8-9(7-17-19)5-13(18-16)11-4-3-10(14)6-12(11)15/h3-4,6-8,13,18H,2,5,15-16H2,1H3. The number of aryl methyl sites for hydroxylation is 1. The summed E-state index contributed by atoms with van der Waals surface area (Å²) in [6, 6.07) is 5.38. The molecule has 1 atom stereocenters. The Bertz CT molecular complexity index is 552. The molecule has 6 heteroatoms. The van der Waals surface area contributed by atoms with Gasteiger partial charge in [-0.25, -0.2) is 0 Å². The summed E-state index contributed by atoms with van der Waals surface area (Å²) < 4.78 is 1.88. The highest BCUT2D eigenvalue weighted by atomic mass is 35.5. The number of benzene rings is 1. The Morgan fingerprint density at radius 1 is 1.47 bits per heavy atom. The third-order valence-corrected chi connectivity index (χ3v) is 3.31. The second kappa shape index (κ2) is 6.06. The maximum atomic E-state index is 5.98. The molecule has 0 bridgehead atoms. The Morgan fingerprint density at radius 3 is 2.84 bits per heavy atom. The monoisotopic (exact) mass is 279 g/mol. The number of hydrogen-bond donors (Lipinski definition) is 3. The molecule has 0 aliphatic rings. The second-order valence-corrected chi connectivity index (χ2v) is 4.84. The average Bonchev–Trinajstić information content (AvgIpc) is 2.84. The summed E-state index contributed by atoms with van der Waals surface area (Å²) in [7, 11) is 0. The van der Waals surface area contributed by atoms with Crippen LogP contribution >= 0.6 is 11.6 Å². The van der Waals surface area contributed by atoms with Gasteiger partial charge in [0.15, 0.2) is 0 Å². The SMILES string of the molecule is CCn1cc(CC(NN)c2ccc(Cl)cc2N)cn1. The Kier molecular flexibility index (Phi) is 4.42. The van der Waals surface area contributed by atoms with Crippen molar-refractivity contribution < 1.29 is 0 Å². The van der Waals surface area contributed by atoms with Crippen molar-refractivity contribution in [2.45, 2.75) is 25.9 Å². The summed E-state index contributed by atoms with van der Waals surface area (Å²) in [5, 5.41) is 4.87. The highest BCUT2D eigenvalue weighted by Crippen LogP contribution is 2.26. The van der Waals surface area contributed by atoms with Gasteiger partial charge in [-0.1, -0.05) is 17.7 Å². The maximum Gasteiger partial charge on any atom is 0.0522 e. The number of halogens is 1. The van der Waals surface area contributed by atoms with Gasteiger partial charge in [0, 0.05) is 23.5 Å². The molecule has 0 aliphatic carbocycles. The topological polar surface area (TPSA) is 81.9 Å². The van der Waals surface area contributed by atoms with E-state index >= 15 is 0 Å². The molecule has 0 fully saturated rings. The molecule has 0 saturated heterocycles. The molecule has 1 aromatic heterocycles. The van der Waals surface area contributed by atoms with Crippen LogP contribution in [0.2, 0.25) is 5.02 Å². The van der Waals surface area contributed by atoms with Crippen molar-refractivity contribution >= 4 is 17.3 Å². The summed E-state index contributed by atoms with van der Waals surface area (Å²) in [4.78, 5) is 0. The van der Waals surface area contributed by atoms with E-state index in [0.29, 0.717) is 10.7 Å². The number of aromatic nitrogens is 2. The van der Waals surface area contributed by atoms with Crippen molar-refractivity contribution in [3.63, 3.8) is 0 Å². The quantitative estimate of drug-likeness (QED) is 0.443. The lowest BCUT2D eigenvalue weighted by Gasteiger charge is -2.17. The zero-order valence-corrected chi connectivity index (χ0v) is 11.6. The lowest BCUT2D eigenvalue weighted by molar-refractivity contribution is 0.553. The molecule has 0 amide bonds. The van der Waals surface area contributed by atoms with Gasteiger partial charge in [0.2, 0.25) is 0 Å². The van der Waals surface area contributed by atoms with E-state index in [1.54, 1.807) is 6.07 Å². The van der Waals surface area contributed by atoms with Gasteiger partial charge < -0.3 is 5.73 Å². The van der Waals surface area contributed by atoms with Crippen LogP contribution in [0.1, 0.15) is 24.1 Å². The Hall–Kier alpha value is -1.56. The molecule has 2 aromatic rings. The van der Waals surface area contributed by atoms with Crippen LogP contribution in [0.5, 0.6) is 0 Å². The highest BCUT2D eigenvalue weighted by Gasteiger charge is 2.14. The minimum Gasteiger partial charge on any atom is -0.398 e. The van der Waals surface area contributed by atoms with Crippen LogP contribution in [0, 0.1) is 0 Å². The highest BCUT2D eigenvalue weighted by molar-refractivity contribution is 6.30. The first kappa shape index (κ1) is 13.9. The van der Waals surface area contributed by atoms with Crippen LogP contribution in [0.4, 0.5) is 5.69 Å². The molecule has 2 rings (SSSR count). The first-order valence-corrected chi connectivity index (χ1v) is 6.54. The Balaban J connectivity index is 2.19. The van der Waals surface area contributed by atoms with Gasteiger partial charge in [-0.3, -0.25) is 16.0 Å². The molecule has 102 valence electrons. The molecule has 1 unspecified atom stereocenters. The summed E-state index contributed by atoms with van der Waals surface area (Å²) in [5.74, 6) is 5.63. The summed E-state index contributed by atoms with van der Waals surface area (Å²) in [6.07, 6.45) is 4.58. The number of nitrogens with zero attached hydrogens (tertiary/aromatic N) is 2. The third-order valence-electron chi connectivity index (χ3n) is 3.08. The van der Waals surface area contributed by atoms with Crippen molar-refractivity contribution in [1.82, 2.24) is 15.2 Å². The van der Waals surface area contributed by atoms with Crippen molar-refractivity contribution in [3.05, 3.63) is 46.7 Å². The van der Waals surface area contributed by atoms with E-state index < -0.39 is 0 Å². The number of nitrogens with two attached hydrogens (primary N) is 2. The van der Waals surface area contributed by atoms with E-state index in [-0.39, 0.29) is 6.04 Å². The molecule has 1 aromatic carbocycles. The van der Waals surface area contributed by atoms with Gasteiger partial charge in [0.25, 0.3) is 0 Å². The summed E-state index contributed by atoms with van der Waals surface area (Å²) in [5.41, 5.74) is 11.5. The van der Waals surface area contributed by atoms with E-state index in [4.69, 9.17) is 23.2 Å². The average molecular weight is 280 g/mol. The number of nitrogen functional groups attached to an aromatic ring is 1. The fourth-order valence-electron chi connectivity index (χ4n) is 2.04. The van der Waals surface area contributed by atoms with Crippen LogP contribution in [0.3, 0.4) is 0 Å². The van der Waals surface area contributed by atoms with E-state index in [9.17, 15) is 0 Å². The first-order chi connectivity index (χ1) is 9.13. The molecule has 0 saturated carbocycles. The largest absolute Gasteiger partial charge is 0.398 e. The lowest BCUT2D eigenvalue weighted by atomic mass is 10.00. The zero-order valence-electron chi connectivity index (χ0n) is 10.8. The van der Waals surface area contributed by atoms with E-state index in [1.165, 1.54) is 0 Å². The number of hydrazine groups is 1. The fourth-order valence-corrected chi connectivity index (χ4v) is 2.22. The van der Waals surface area contributed by atoms with Crippen LogP contribution < -0.4 is 17.0 Å². The smallest absolute Gasteiger partial charge is 0.0522 e. The predicted octanol–water partition coefficient (Wildman–Crippen LogP) is 1.89. The molecular weight excluding hydrogens is 262 g/mol. The lowest BCUT2D eigenvalue weighted by Crippen LogP contribution is -2.30. The molecule has 0 aliphatic heterocycles. The van der Waals surface area contributed by atoms with Crippen molar-refractivity contribution in [1.29, 1.82) is 0 Å². The van der Waals surface area contributed by atoms with Gasteiger partial charge in [-0.15, -0.1) is 0 Å². The van der Waals surface area contributed by atoms with E-state index in [0.717, 1.165) is 24.1 Å². The number of rotatable bonds is 5. The van der Waals surface area contributed by atoms with Crippen LogP contribution in [0.15, 0.2) is 30.6 Å². The van der Waals surface area contributed by atoms with Gasteiger partial charge in [-0.2, -0.15) is 5.10 Å². The molecule has 0 spiro atoms. The molecule has 5 nitrogen and oxygen atoms in total. The normalized spacial score (nSPS) is 12.6. The van der Waals surface area contributed by atoms with Gasteiger partial charge >= 0.3 is 0 Å². The van der Waals surface area contributed by atoms with Crippen LogP contribution in [0.25, 0.3) is 0 Å². The third kappa shape index (κ3) is 3.26. The molecule has 1 heterocycles. The number of hydrogen-bond acceptors (Lipinski definition) is 4. The van der Waals surface area contributed by atoms with E-state index in [1.807, 2.05) is 36.1 Å². The Labute approximate surface area is 117 Å². The maximum absolute atomic E-state index is 5.98.